The molecule has 9 heteroatoms. The zero-order valence-electron chi connectivity index (χ0n) is 18.1. The first kappa shape index (κ1) is 21.9. The highest BCUT2D eigenvalue weighted by molar-refractivity contribution is 8.01. The van der Waals surface area contributed by atoms with Crippen molar-refractivity contribution < 1.29 is 9.53 Å². The third kappa shape index (κ3) is 4.57. The number of anilines is 1. The predicted molar refractivity (Wildman–Crippen MR) is 134 cm³/mol. The first-order chi connectivity index (χ1) is 16.7. The van der Waals surface area contributed by atoms with Crippen molar-refractivity contribution >= 4 is 34.0 Å². The largest absolute Gasteiger partial charge is 0.496 e. The van der Waals surface area contributed by atoms with Gasteiger partial charge in [-0.3, -0.25) is 9.36 Å². The van der Waals surface area contributed by atoms with Crippen molar-refractivity contribution in [3.63, 3.8) is 0 Å². The number of ether oxygens (including phenoxy) is 1. The molecular weight excluding hydrogens is 466 g/mol. The molecule has 0 aliphatic carbocycles. The van der Waals surface area contributed by atoms with E-state index in [9.17, 15) is 4.79 Å². The maximum absolute atomic E-state index is 12.5. The van der Waals surface area contributed by atoms with Gasteiger partial charge in [-0.05, 0) is 48.2 Å². The number of rotatable bonds is 7. The molecule has 34 heavy (non-hydrogen) atoms. The molecule has 0 bridgehead atoms. The second kappa shape index (κ2) is 9.90. The fourth-order valence-corrected chi connectivity index (χ4v) is 5.19. The summed E-state index contributed by atoms with van der Waals surface area (Å²) in [6.45, 7) is 0. The molecule has 0 spiro atoms. The van der Waals surface area contributed by atoms with Crippen LogP contribution in [-0.2, 0) is 0 Å². The summed E-state index contributed by atoms with van der Waals surface area (Å²) in [4.78, 5) is 16.9. The van der Waals surface area contributed by atoms with Gasteiger partial charge in [0.2, 0.25) is 5.16 Å². The maximum atomic E-state index is 12.5. The van der Waals surface area contributed by atoms with E-state index in [1.165, 1.54) is 23.1 Å². The van der Waals surface area contributed by atoms with E-state index in [1.54, 1.807) is 25.4 Å². The van der Waals surface area contributed by atoms with Crippen molar-refractivity contribution in [2.45, 2.75) is 9.50 Å². The van der Waals surface area contributed by atoms with Gasteiger partial charge in [0, 0.05) is 11.3 Å². The summed E-state index contributed by atoms with van der Waals surface area (Å²) in [6, 6.07) is 26.7. The van der Waals surface area contributed by atoms with Crippen molar-refractivity contribution in [3.8, 4) is 22.8 Å². The fraction of sp³-hybridized carbons (Fsp3) is 0.0400. The molecule has 1 amide bonds. The average Bonchev–Trinajstić information content (AvgIpc) is 3.52. The van der Waals surface area contributed by atoms with Crippen LogP contribution in [0.2, 0.25) is 0 Å². The molecule has 0 saturated carbocycles. The van der Waals surface area contributed by atoms with E-state index < -0.39 is 0 Å². The third-order valence-electron chi connectivity index (χ3n) is 4.93. The Morgan fingerprint density at radius 2 is 1.65 bits per heavy atom. The van der Waals surface area contributed by atoms with Crippen molar-refractivity contribution in [3.05, 3.63) is 96.7 Å². The Bertz CT molecular complexity index is 1420. The van der Waals surface area contributed by atoms with Crippen LogP contribution in [0.3, 0.4) is 0 Å². The molecule has 0 radical (unpaired) electrons. The van der Waals surface area contributed by atoms with Crippen LogP contribution in [0.4, 0.5) is 5.00 Å². The molecule has 7 nitrogen and oxygen atoms in total. The lowest BCUT2D eigenvalue weighted by Crippen LogP contribution is -2.10. The molecule has 0 fully saturated rings. The molecule has 2 aromatic heterocycles. The van der Waals surface area contributed by atoms with E-state index in [1.807, 2.05) is 77.4 Å². The Morgan fingerprint density at radius 3 is 2.41 bits per heavy atom. The Labute approximate surface area is 204 Å². The number of benzene rings is 3. The highest BCUT2D eigenvalue weighted by Crippen LogP contribution is 2.37. The van der Waals surface area contributed by atoms with Gasteiger partial charge < -0.3 is 10.1 Å². The summed E-state index contributed by atoms with van der Waals surface area (Å²) in [5.74, 6) is 1.20. The number of hydrogen-bond donors (Lipinski definition) is 1. The number of nitrogens with one attached hydrogen (secondary N) is 1. The molecule has 3 aromatic carbocycles. The molecule has 0 atom stereocenters. The SMILES string of the molecule is COc1ccccc1-c1nnc(Sc2ncc(NC(=O)c3ccccc3)s2)n1-c1ccccc1. The van der Waals surface area contributed by atoms with Crippen molar-refractivity contribution in [2.75, 3.05) is 12.4 Å². The number of carbonyl (C=O) groups is 1. The minimum atomic E-state index is -0.174. The summed E-state index contributed by atoms with van der Waals surface area (Å²) < 4.78 is 8.27. The monoisotopic (exact) mass is 485 g/mol. The van der Waals surface area contributed by atoms with E-state index in [0.29, 0.717) is 27.3 Å². The number of methoxy groups -OCH3 is 1. The van der Waals surface area contributed by atoms with Crippen molar-refractivity contribution in [2.24, 2.45) is 0 Å². The number of hydrogen-bond acceptors (Lipinski definition) is 7. The quantitative estimate of drug-likeness (QED) is 0.314. The molecule has 0 aliphatic heterocycles. The molecule has 2 heterocycles. The first-order valence-corrected chi connectivity index (χ1v) is 12.0. The summed E-state index contributed by atoms with van der Waals surface area (Å²) in [7, 11) is 1.64. The Hall–Kier alpha value is -3.95. The van der Waals surface area contributed by atoms with Crippen molar-refractivity contribution in [1.29, 1.82) is 0 Å². The van der Waals surface area contributed by atoms with Gasteiger partial charge in [0.1, 0.15) is 10.8 Å². The molecule has 5 rings (SSSR count). The zero-order chi connectivity index (χ0) is 23.3. The summed E-state index contributed by atoms with van der Waals surface area (Å²) in [5, 5.41) is 13.2. The van der Waals surface area contributed by atoms with Crippen LogP contribution >= 0.6 is 23.1 Å². The van der Waals surface area contributed by atoms with Gasteiger partial charge in [-0.2, -0.15) is 0 Å². The Kier molecular flexibility index (Phi) is 6.37. The van der Waals surface area contributed by atoms with E-state index in [0.717, 1.165) is 15.6 Å². The van der Waals surface area contributed by atoms with Gasteiger partial charge in [0.25, 0.3) is 5.91 Å². The average molecular weight is 486 g/mol. The molecule has 0 aliphatic rings. The smallest absolute Gasteiger partial charge is 0.256 e. The van der Waals surface area contributed by atoms with E-state index in [2.05, 4.69) is 20.5 Å². The minimum Gasteiger partial charge on any atom is -0.496 e. The lowest BCUT2D eigenvalue weighted by Gasteiger charge is -2.11. The molecular formula is C25H19N5O2S2. The van der Waals surface area contributed by atoms with Crippen LogP contribution in [0.25, 0.3) is 17.1 Å². The van der Waals surface area contributed by atoms with Gasteiger partial charge in [0.05, 0.1) is 18.9 Å². The summed E-state index contributed by atoms with van der Waals surface area (Å²) in [5.41, 5.74) is 2.35. The van der Waals surface area contributed by atoms with Gasteiger partial charge in [-0.25, -0.2) is 4.98 Å². The van der Waals surface area contributed by atoms with E-state index in [-0.39, 0.29) is 5.91 Å². The molecule has 168 valence electrons. The third-order valence-corrected chi connectivity index (χ3v) is 6.87. The van der Waals surface area contributed by atoms with Crippen LogP contribution in [0.1, 0.15) is 10.4 Å². The summed E-state index contributed by atoms with van der Waals surface area (Å²) >= 11 is 2.77. The second-order valence-electron chi connectivity index (χ2n) is 7.09. The van der Waals surface area contributed by atoms with Crippen LogP contribution in [0, 0.1) is 0 Å². The predicted octanol–water partition coefficient (Wildman–Crippen LogP) is 5.80. The highest BCUT2D eigenvalue weighted by atomic mass is 32.2. The van der Waals surface area contributed by atoms with Crippen LogP contribution < -0.4 is 10.1 Å². The van der Waals surface area contributed by atoms with Crippen LogP contribution in [-0.4, -0.2) is 32.8 Å². The number of carbonyl (C=O) groups excluding carboxylic acids is 1. The normalized spacial score (nSPS) is 10.7. The zero-order valence-corrected chi connectivity index (χ0v) is 19.7. The van der Waals surface area contributed by atoms with Gasteiger partial charge in [-0.1, -0.05) is 59.9 Å². The maximum Gasteiger partial charge on any atom is 0.256 e. The Balaban J connectivity index is 1.46. The van der Waals surface area contributed by atoms with Crippen LogP contribution in [0.15, 0.2) is 101 Å². The van der Waals surface area contributed by atoms with Gasteiger partial charge >= 0.3 is 0 Å². The number of nitrogens with zero attached hydrogens (tertiary/aromatic N) is 4. The number of thiazole rings is 1. The summed E-state index contributed by atoms with van der Waals surface area (Å²) in [6.07, 6.45) is 1.65. The molecule has 0 unspecified atom stereocenters. The van der Waals surface area contributed by atoms with E-state index in [4.69, 9.17) is 4.74 Å². The van der Waals surface area contributed by atoms with Gasteiger partial charge in [-0.15, -0.1) is 10.2 Å². The lowest BCUT2D eigenvalue weighted by atomic mass is 10.2. The number of aromatic nitrogens is 4. The Morgan fingerprint density at radius 1 is 0.941 bits per heavy atom. The number of amides is 1. The molecule has 0 saturated heterocycles. The van der Waals surface area contributed by atoms with Gasteiger partial charge in [0.15, 0.2) is 10.2 Å². The second-order valence-corrected chi connectivity index (χ2v) is 9.34. The van der Waals surface area contributed by atoms with E-state index >= 15 is 0 Å². The topological polar surface area (TPSA) is 81.9 Å². The van der Waals surface area contributed by atoms with Crippen LogP contribution in [0.5, 0.6) is 5.75 Å². The molecule has 1 N–H and O–H groups in total. The molecule has 5 aromatic rings. The van der Waals surface area contributed by atoms with Crippen molar-refractivity contribution in [1.82, 2.24) is 19.7 Å². The first-order valence-electron chi connectivity index (χ1n) is 10.4. The highest BCUT2D eigenvalue weighted by Gasteiger charge is 2.20. The minimum absolute atomic E-state index is 0.174. The lowest BCUT2D eigenvalue weighted by molar-refractivity contribution is 0.102. The fourth-order valence-electron chi connectivity index (χ4n) is 3.36. The number of para-hydroxylation sites is 2. The standard InChI is InChI=1S/C25H19N5O2S2/c1-32-20-15-9-8-14-19(20)22-28-29-24(30(22)18-12-6-3-7-13-18)34-25-26-16-21(33-25)27-23(31)17-10-4-2-5-11-17/h2-16H,1H3,(H,27,31).